The van der Waals surface area contributed by atoms with Gasteiger partial charge in [0.15, 0.2) is 0 Å². The topological polar surface area (TPSA) is 78.9 Å². The second-order valence-corrected chi connectivity index (χ2v) is 6.36. The van der Waals surface area contributed by atoms with E-state index in [-0.39, 0.29) is 17.7 Å². The van der Waals surface area contributed by atoms with E-state index in [1.54, 1.807) is 23.1 Å². The molecule has 1 atom stereocenters. The summed E-state index contributed by atoms with van der Waals surface area (Å²) >= 11 is 0. The van der Waals surface area contributed by atoms with Crippen LogP contribution in [0, 0.1) is 0 Å². The van der Waals surface area contributed by atoms with Crippen molar-refractivity contribution in [2.75, 3.05) is 19.6 Å². The number of carbonyl (C=O) groups excluding carboxylic acids is 1. The van der Waals surface area contributed by atoms with Gasteiger partial charge in [-0.25, -0.2) is 9.59 Å². The van der Waals surface area contributed by atoms with Crippen LogP contribution in [0.2, 0.25) is 0 Å². The Hall–Kier alpha value is -2.08. The normalized spacial score (nSPS) is 18.9. The molecule has 1 aliphatic rings. The molecule has 0 aromatic heterocycles. The first-order valence-electron chi connectivity index (χ1n) is 7.31. The zero-order valence-electron chi connectivity index (χ0n) is 13.1. The maximum atomic E-state index is 12.1. The van der Waals surface area contributed by atoms with Crippen molar-refractivity contribution >= 4 is 12.1 Å². The Balaban J connectivity index is 2.09. The summed E-state index contributed by atoms with van der Waals surface area (Å²) in [5, 5.41) is 12.4. The molecule has 1 aromatic carbocycles. The third kappa shape index (κ3) is 4.21. The lowest BCUT2D eigenvalue weighted by molar-refractivity contribution is 0.0194. The first kappa shape index (κ1) is 16.3. The average molecular weight is 306 g/mol. The Morgan fingerprint density at radius 3 is 2.73 bits per heavy atom. The fourth-order valence-corrected chi connectivity index (χ4v) is 2.35. The first-order chi connectivity index (χ1) is 10.3. The summed E-state index contributed by atoms with van der Waals surface area (Å²) in [5.41, 5.74) is 0.572. The zero-order valence-corrected chi connectivity index (χ0v) is 13.1. The number of piperazine rings is 1. The quantitative estimate of drug-likeness (QED) is 0.876. The summed E-state index contributed by atoms with van der Waals surface area (Å²) < 4.78 is 5.39. The number of rotatable bonds is 2. The summed E-state index contributed by atoms with van der Waals surface area (Å²) in [7, 11) is 0. The highest BCUT2D eigenvalue weighted by Crippen LogP contribution is 2.20. The minimum atomic E-state index is -0.957. The minimum Gasteiger partial charge on any atom is -0.478 e. The Morgan fingerprint density at radius 1 is 1.36 bits per heavy atom. The lowest BCUT2D eigenvalue weighted by Crippen LogP contribution is -2.49. The molecule has 120 valence electrons. The number of benzene rings is 1. The van der Waals surface area contributed by atoms with Crippen LogP contribution in [0.25, 0.3) is 0 Å². The number of carboxylic acid groups (broad SMARTS) is 1. The maximum absolute atomic E-state index is 12.1. The van der Waals surface area contributed by atoms with Crippen LogP contribution in [0.15, 0.2) is 24.3 Å². The molecule has 22 heavy (non-hydrogen) atoms. The van der Waals surface area contributed by atoms with Gasteiger partial charge >= 0.3 is 12.1 Å². The lowest BCUT2D eigenvalue weighted by Gasteiger charge is -2.35. The third-order valence-corrected chi connectivity index (χ3v) is 3.36. The fraction of sp³-hybridized carbons (Fsp3) is 0.500. The average Bonchev–Trinajstić information content (AvgIpc) is 2.46. The maximum Gasteiger partial charge on any atom is 0.410 e. The van der Waals surface area contributed by atoms with Crippen molar-refractivity contribution in [2.45, 2.75) is 32.4 Å². The van der Waals surface area contributed by atoms with E-state index < -0.39 is 11.6 Å². The van der Waals surface area contributed by atoms with Crippen molar-refractivity contribution in [2.24, 2.45) is 0 Å². The summed E-state index contributed by atoms with van der Waals surface area (Å²) in [4.78, 5) is 24.9. The standard InChI is InChI=1S/C16H22N2O4/c1-16(2,3)22-15(21)18-8-7-17-13(10-18)11-5-4-6-12(9-11)14(19)20/h4-6,9,13,17H,7-8,10H2,1-3H3,(H,19,20). The van der Waals surface area contributed by atoms with E-state index in [0.29, 0.717) is 19.6 Å². The molecule has 0 bridgehead atoms. The number of carbonyl (C=O) groups is 2. The molecule has 2 N–H and O–H groups in total. The van der Waals surface area contributed by atoms with E-state index in [4.69, 9.17) is 9.84 Å². The van der Waals surface area contributed by atoms with E-state index in [2.05, 4.69) is 5.32 Å². The number of hydrogen-bond donors (Lipinski definition) is 2. The van der Waals surface area contributed by atoms with Gasteiger partial charge < -0.3 is 20.1 Å². The molecule has 1 saturated heterocycles. The Kier molecular flexibility index (Phi) is 4.71. The SMILES string of the molecule is CC(C)(C)OC(=O)N1CCNC(c2cccc(C(=O)O)c2)C1. The monoisotopic (exact) mass is 306 g/mol. The van der Waals surface area contributed by atoms with Crippen molar-refractivity contribution in [1.29, 1.82) is 0 Å². The van der Waals surface area contributed by atoms with Crippen LogP contribution in [0.3, 0.4) is 0 Å². The number of amides is 1. The Morgan fingerprint density at radius 2 is 2.09 bits per heavy atom. The number of ether oxygens (including phenoxy) is 1. The molecule has 6 nitrogen and oxygen atoms in total. The van der Waals surface area contributed by atoms with Gasteiger partial charge in [0.1, 0.15) is 5.60 Å². The van der Waals surface area contributed by atoms with E-state index in [9.17, 15) is 9.59 Å². The molecule has 1 unspecified atom stereocenters. The molecule has 1 heterocycles. The lowest BCUT2D eigenvalue weighted by atomic mass is 10.0. The second kappa shape index (κ2) is 6.36. The molecule has 0 spiro atoms. The molecule has 1 aromatic rings. The van der Waals surface area contributed by atoms with Crippen molar-refractivity contribution < 1.29 is 19.4 Å². The van der Waals surface area contributed by atoms with Crippen LogP contribution < -0.4 is 5.32 Å². The molecule has 1 aliphatic heterocycles. The van der Waals surface area contributed by atoms with Gasteiger partial charge in [0.2, 0.25) is 0 Å². The van der Waals surface area contributed by atoms with Crippen molar-refractivity contribution in [3.05, 3.63) is 35.4 Å². The smallest absolute Gasteiger partial charge is 0.410 e. The van der Waals surface area contributed by atoms with Crippen LogP contribution in [0.1, 0.15) is 42.7 Å². The number of nitrogens with zero attached hydrogens (tertiary/aromatic N) is 1. The van der Waals surface area contributed by atoms with E-state index in [1.807, 2.05) is 26.8 Å². The fourth-order valence-electron chi connectivity index (χ4n) is 2.35. The molecule has 1 amide bonds. The van der Waals surface area contributed by atoms with Gasteiger partial charge in [-0.2, -0.15) is 0 Å². The van der Waals surface area contributed by atoms with E-state index >= 15 is 0 Å². The second-order valence-electron chi connectivity index (χ2n) is 6.36. The zero-order chi connectivity index (χ0) is 16.3. The summed E-state index contributed by atoms with van der Waals surface area (Å²) in [6.07, 6.45) is -0.339. The van der Waals surface area contributed by atoms with Gasteiger partial charge in [-0.05, 0) is 38.5 Å². The molecule has 0 saturated carbocycles. The van der Waals surface area contributed by atoms with Crippen LogP contribution in [-0.2, 0) is 4.74 Å². The van der Waals surface area contributed by atoms with Gasteiger partial charge in [0.25, 0.3) is 0 Å². The van der Waals surface area contributed by atoms with Crippen LogP contribution in [0.5, 0.6) is 0 Å². The highest BCUT2D eigenvalue weighted by atomic mass is 16.6. The highest BCUT2D eigenvalue weighted by Gasteiger charge is 2.28. The number of nitrogens with one attached hydrogen (secondary N) is 1. The van der Waals surface area contributed by atoms with Gasteiger partial charge in [-0.15, -0.1) is 0 Å². The molecule has 0 aliphatic carbocycles. The van der Waals surface area contributed by atoms with Crippen LogP contribution in [-0.4, -0.2) is 47.3 Å². The van der Waals surface area contributed by atoms with E-state index in [0.717, 1.165) is 5.56 Å². The summed E-state index contributed by atoms with van der Waals surface area (Å²) in [6, 6.07) is 6.68. The Bertz CT molecular complexity index is 566. The van der Waals surface area contributed by atoms with Gasteiger partial charge in [0.05, 0.1) is 11.6 Å². The molecule has 0 radical (unpaired) electrons. The predicted octanol–water partition coefficient (Wildman–Crippen LogP) is 2.27. The molecule has 2 rings (SSSR count). The van der Waals surface area contributed by atoms with Gasteiger partial charge in [-0.3, -0.25) is 0 Å². The molecule has 6 heteroatoms. The number of carboxylic acids is 1. The van der Waals surface area contributed by atoms with E-state index in [1.165, 1.54) is 0 Å². The Labute approximate surface area is 130 Å². The highest BCUT2D eigenvalue weighted by molar-refractivity contribution is 5.87. The minimum absolute atomic E-state index is 0.0967. The summed E-state index contributed by atoms with van der Waals surface area (Å²) in [5.74, 6) is -0.957. The third-order valence-electron chi connectivity index (χ3n) is 3.36. The predicted molar refractivity (Wildman–Crippen MR) is 82.0 cm³/mol. The van der Waals surface area contributed by atoms with Gasteiger partial charge in [-0.1, -0.05) is 12.1 Å². The van der Waals surface area contributed by atoms with Crippen LogP contribution >= 0.6 is 0 Å². The summed E-state index contributed by atoms with van der Waals surface area (Å²) in [6.45, 7) is 7.17. The van der Waals surface area contributed by atoms with Crippen LogP contribution in [0.4, 0.5) is 4.79 Å². The van der Waals surface area contributed by atoms with Crippen molar-refractivity contribution in [3.63, 3.8) is 0 Å². The molecular formula is C16H22N2O4. The van der Waals surface area contributed by atoms with Gasteiger partial charge in [0, 0.05) is 19.6 Å². The molecule has 1 fully saturated rings. The number of hydrogen-bond acceptors (Lipinski definition) is 4. The van der Waals surface area contributed by atoms with Crippen molar-refractivity contribution in [3.8, 4) is 0 Å². The molecular weight excluding hydrogens is 284 g/mol. The van der Waals surface area contributed by atoms with Crippen molar-refractivity contribution in [1.82, 2.24) is 10.2 Å². The largest absolute Gasteiger partial charge is 0.478 e. The number of aromatic carboxylic acids is 1. The first-order valence-corrected chi connectivity index (χ1v) is 7.31.